The Morgan fingerprint density at radius 3 is 2.77 bits per heavy atom. The van der Waals surface area contributed by atoms with Gasteiger partial charge >= 0.3 is 0 Å². The van der Waals surface area contributed by atoms with E-state index in [1.165, 1.54) is 0 Å². The molecule has 1 aromatic carbocycles. The first-order valence-corrected chi connectivity index (χ1v) is 7.55. The molecule has 1 aromatic rings. The lowest BCUT2D eigenvalue weighted by Crippen LogP contribution is -2.41. The number of anilines is 1. The van der Waals surface area contributed by atoms with Crippen molar-refractivity contribution in [1.82, 2.24) is 10.6 Å². The first kappa shape index (κ1) is 18.7. The summed E-state index contributed by atoms with van der Waals surface area (Å²) in [5.74, 6) is 0.959. The number of para-hydroxylation sites is 1. The summed E-state index contributed by atoms with van der Waals surface area (Å²) in [5, 5.41) is 6.48. The van der Waals surface area contributed by atoms with E-state index in [1.807, 2.05) is 36.1 Å². The Bertz CT molecular complexity index is 531. The molecule has 1 amide bonds. The number of nitrogens with one attached hydrogen (secondary N) is 2. The normalized spacial score (nSPS) is 13.9. The van der Waals surface area contributed by atoms with Crippen LogP contribution in [-0.4, -0.2) is 37.5 Å². The first-order chi connectivity index (χ1) is 10.1. The molecule has 0 saturated heterocycles. The van der Waals surface area contributed by atoms with Gasteiger partial charge in [-0.2, -0.15) is 0 Å². The van der Waals surface area contributed by atoms with E-state index in [1.54, 1.807) is 0 Å². The van der Waals surface area contributed by atoms with Crippen LogP contribution in [0.25, 0.3) is 0 Å². The Labute approximate surface area is 149 Å². The molecule has 1 heterocycles. The molecule has 6 heteroatoms. The average Bonchev–Trinajstić information content (AvgIpc) is 2.75. The first-order valence-electron chi connectivity index (χ1n) is 7.55. The standard InChI is InChI=1S/C16H24N4O.HI/c1-4-17-16(19-12(2)3)18-9-10-20-14-8-6-5-7-13(14)11-15(20)21;/h5-8,12H,4,9-11H2,1-3H3,(H2,17,18,19);1H. The highest BCUT2D eigenvalue weighted by Gasteiger charge is 2.25. The minimum Gasteiger partial charge on any atom is -0.357 e. The molecule has 0 spiro atoms. The molecular weight excluding hydrogens is 391 g/mol. The fourth-order valence-electron chi connectivity index (χ4n) is 2.42. The minimum absolute atomic E-state index is 0. The second-order valence-electron chi connectivity index (χ2n) is 5.41. The van der Waals surface area contributed by atoms with Crippen LogP contribution >= 0.6 is 24.0 Å². The molecule has 0 atom stereocenters. The van der Waals surface area contributed by atoms with Gasteiger partial charge in [-0.05, 0) is 32.4 Å². The van der Waals surface area contributed by atoms with E-state index in [9.17, 15) is 4.79 Å². The summed E-state index contributed by atoms with van der Waals surface area (Å²) in [6.07, 6.45) is 0.504. The Morgan fingerprint density at radius 1 is 1.36 bits per heavy atom. The Morgan fingerprint density at radius 2 is 2.09 bits per heavy atom. The van der Waals surface area contributed by atoms with Crippen molar-refractivity contribution in [3.05, 3.63) is 29.8 Å². The Balaban J connectivity index is 0.00000242. The van der Waals surface area contributed by atoms with Crippen LogP contribution in [0, 0.1) is 0 Å². The van der Waals surface area contributed by atoms with Crippen molar-refractivity contribution in [3.8, 4) is 0 Å². The van der Waals surface area contributed by atoms with Gasteiger partial charge in [0, 0.05) is 24.8 Å². The molecule has 0 unspecified atom stereocenters. The van der Waals surface area contributed by atoms with Crippen LogP contribution in [0.4, 0.5) is 5.69 Å². The predicted molar refractivity (Wildman–Crippen MR) is 102 cm³/mol. The van der Waals surface area contributed by atoms with Gasteiger partial charge in [-0.25, -0.2) is 0 Å². The minimum atomic E-state index is 0. The van der Waals surface area contributed by atoms with E-state index < -0.39 is 0 Å². The second kappa shape index (κ2) is 8.97. The lowest BCUT2D eigenvalue weighted by atomic mass is 10.2. The number of hydrogen-bond acceptors (Lipinski definition) is 2. The molecule has 22 heavy (non-hydrogen) atoms. The van der Waals surface area contributed by atoms with Crippen LogP contribution in [-0.2, 0) is 11.2 Å². The van der Waals surface area contributed by atoms with E-state index in [4.69, 9.17) is 0 Å². The number of fused-ring (bicyclic) bond motifs is 1. The Kier molecular flexibility index (Phi) is 7.64. The maximum absolute atomic E-state index is 12.1. The van der Waals surface area contributed by atoms with Crippen molar-refractivity contribution in [2.75, 3.05) is 24.5 Å². The van der Waals surface area contributed by atoms with E-state index in [2.05, 4.69) is 29.5 Å². The van der Waals surface area contributed by atoms with Gasteiger partial charge < -0.3 is 15.5 Å². The van der Waals surface area contributed by atoms with Gasteiger partial charge in [-0.15, -0.1) is 24.0 Å². The van der Waals surface area contributed by atoms with Crippen molar-refractivity contribution >= 4 is 41.5 Å². The highest BCUT2D eigenvalue weighted by Crippen LogP contribution is 2.27. The highest BCUT2D eigenvalue weighted by atomic mass is 127. The average molecular weight is 416 g/mol. The third-order valence-corrected chi connectivity index (χ3v) is 3.29. The van der Waals surface area contributed by atoms with E-state index >= 15 is 0 Å². The van der Waals surface area contributed by atoms with Crippen molar-refractivity contribution in [3.63, 3.8) is 0 Å². The van der Waals surface area contributed by atoms with E-state index in [0.717, 1.165) is 23.8 Å². The predicted octanol–water partition coefficient (Wildman–Crippen LogP) is 2.16. The molecule has 0 bridgehead atoms. The molecular formula is C16H25IN4O. The van der Waals surface area contributed by atoms with Gasteiger partial charge in [0.1, 0.15) is 0 Å². The lowest BCUT2D eigenvalue weighted by Gasteiger charge is -2.17. The SMILES string of the molecule is CCNC(=NCCN1C(=O)Cc2ccccc21)NC(C)C.I. The number of aliphatic imine (C=N–C) groups is 1. The zero-order valence-corrected chi connectivity index (χ0v) is 15.8. The van der Waals surface area contributed by atoms with Crippen LogP contribution in [0.1, 0.15) is 26.3 Å². The molecule has 0 fully saturated rings. The summed E-state index contributed by atoms with van der Waals surface area (Å²) in [6, 6.07) is 8.29. The smallest absolute Gasteiger partial charge is 0.231 e. The van der Waals surface area contributed by atoms with Crippen LogP contribution in [0.2, 0.25) is 0 Å². The van der Waals surface area contributed by atoms with E-state index in [-0.39, 0.29) is 29.9 Å². The zero-order chi connectivity index (χ0) is 15.2. The number of rotatable bonds is 5. The van der Waals surface area contributed by atoms with E-state index in [0.29, 0.717) is 25.6 Å². The summed E-state index contributed by atoms with van der Waals surface area (Å²) >= 11 is 0. The molecule has 2 rings (SSSR count). The van der Waals surface area contributed by atoms with Crippen LogP contribution in [0.3, 0.4) is 0 Å². The molecule has 0 radical (unpaired) electrons. The lowest BCUT2D eigenvalue weighted by molar-refractivity contribution is -0.117. The molecule has 1 aliphatic rings. The number of benzene rings is 1. The number of nitrogens with zero attached hydrogens (tertiary/aromatic N) is 2. The highest BCUT2D eigenvalue weighted by molar-refractivity contribution is 14.0. The van der Waals surface area contributed by atoms with Crippen LogP contribution < -0.4 is 15.5 Å². The third kappa shape index (κ3) is 4.86. The van der Waals surface area contributed by atoms with Crippen LogP contribution in [0.5, 0.6) is 0 Å². The van der Waals surface area contributed by atoms with Crippen molar-refractivity contribution in [2.24, 2.45) is 4.99 Å². The van der Waals surface area contributed by atoms with Gasteiger partial charge in [0.05, 0.1) is 13.0 Å². The maximum Gasteiger partial charge on any atom is 0.231 e. The summed E-state index contributed by atoms with van der Waals surface area (Å²) in [7, 11) is 0. The number of amides is 1. The van der Waals surface area contributed by atoms with Crippen molar-refractivity contribution in [1.29, 1.82) is 0 Å². The zero-order valence-electron chi connectivity index (χ0n) is 13.4. The molecule has 0 aliphatic carbocycles. The quantitative estimate of drug-likeness (QED) is 0.440. The maximum atomic E-state index is 12.1. The van der Waals surface area contributed by atoms with Crippen molar-refractivity contribution in [2.45, 2.75) is 33.2 Å². The topological polar surface area (TPSA) is 56.7 Å². The number of carbonyl (C=O) groups is 1. The van der Waals surface area contributed by atoms with Gasteiger partial charge in [-0.3, -0.25) is 9.79 Å². The summed E-state index contributed by atoms with van der Waals surface area (Å²) in [4.78, 5) is 18.4. The molecule has 0 saturated carbocycles. The fraction of sp³-hybridized carbons (Fsp3) is 0.500. The van der Waals surface area contributed by atoms with Gasteiger partial charge in [0.2, 0.25) is 5.91 Å². The van der Waals surface area contributed by atoms with Gasteiger partial charge in [-0.1, -0.05) is 18.2 Å². The number of carbonyl (C=O) groups excluding carboxylic acids is 1. The van der Waals surface area contributed by atoms with Crippen LogP contribution in [0.15, 0.2) is 29.3 Å². The third-order valence-electron chi connectivity index (χ3n) is 3.29. The molecule has 1 aliphatic heterocycles. The monoisotopic (exact) mass is 416 g/mol. The number of halogens is 1. The number of guanidine groups is 1. The summed E-state index contributed by atoms with van der Waals surface area (Å²) in [6.45, 7) is 8.22. The fourth-order valence-corrected chi connectivity index (χ4v) is 2.42. The Hall–Kier alpha value is -1.31. The van der Waals surface area contributed by atoms with Gasteiger partial charge in [0.25, 0.3) is 0 Å². The largest absolute Gasteiger partial charge is 0.357 e. The van der Waals surface area contributed by atoms with Crippen molar-refractivity contribution < 1.29 is 4.79 Å². The second-order valence-corrected chi connectivity index (χ2v) is 5.41. The summed E-state index contributed by atoms with van der Waals surface area (Å²) < 4.78 is 0. The molecule has 2 N–H and O–H groups in total. The molecule has 5 nitrogen and oxygen atoms in total. The molecule has 122 valence electrons. The molecule has 0 aromatic heterocycles. The number of hydrogen-bond donors (Lipinski definition) is 2. The van der Waals surface area contributed by atoms with Gasteiger partial charge in [0.15, 0.2) is 5.96 Å². The summed E-state index contributed by atoms with van der Waals surface area (Å²) in [5.41, 5.74) is 2.14.